The Hall–Kier alpha value is -6.54. The maximum absolute atomic E-state index is 15.1. The van der Waals surface area contributed by atoms with Crippen molar-refractivity contribution in [1.82, 2.24) is 9.13 Å². The Bertz CT molecular complexity index is 3250. The van der Waals surface area contributed by atoms with Crippen LogP contribution in [0.5, 0.6) is 0 Å². The molecule has 0 N–H and O–H groups in total. The molecule has 0 radical (unpaired) electrons. The van der Waals surface area contributed by atoms with E-state index in [0.29, 0.717) is 16.5 Å². The van der Waals surface area contributed by atoms with Crippen LogP contribution < -0.4 is 0 Å². The highest BCUT2D eigenvalue weighted by molar-refractivity contribution is 6.14. The van der Waals surface area contributed by atoms with Gasteiger partial charge in [-0.3, -0.25) is 0 Å². The van der Waals surface area contributed by atoms with Gasteiger partial charge in [0.15, 0.2) is 0 Å². The first-order valence-electron chi connectivity index (χ1n) is 17.8. The fourth-order valence-corrected chi connectivity index (χ4v) is 8.82. The molecule has 2 heterocycles. The van der Waals surface area contributed by atoms with E-state index in [-0.39, 0.29) is 10.8 Å². The molecule has 0 amide bonds. The number of fused-ring (bicyclic) bond motifs is 11. The predicted octanol–water partition coefficient (Wildman–Crippen LogP) is 13.7. The second-order valence-corrected chi connectivity index (χ2v) is 14.3. The summed E-state index contributed by atoms with van der Waals surface area (Å²) in [6.45, 7) is 0. The molecule has 55 heavy (non-hydrogen) atoms. The summed E-state index contributed by atoms with van der Waals surface area (Å²) < 4.78 is 93.0. The van der Waals surface area contributed by atoms with Crippen LogP contribution in [0.25, 0.3) is 87.7 Å². The van der Waals surface area contributed by atoms with Crippen LogP contribution in [-0.2, 0) is 11.8 Å². The summed E-state index contributed by atoms with van der Waals surface area (Å²) >= 11 is 0. The number of nitrogens with zero attached hydrogens (tertiary/aromatic N) is 2. The van der Waals surface area contributed by atoms with E-state index in [1.807, 2.05) is 54.6 Å². The zero-order valence-electron chi connectivity index (χ0n) is 28.7. The molecule has 1 aliphatic rings. The van der Waals surface area contributed by atoms with Gasteiger partial charge in [0, 0.05) is 44.0 Å². The minimum atomic E-state index is -5.55. The molecule has 0 aliphatic heterocycles. The number of rotatable bonds is 3. The van der Waals surface area contributed by atoms with Gasteiger partial charge in [0.1, 0.15) is 0 Å². The van der Waals surface area contributed by atoms with Crippen molar-refractivity contribution in [3.05, 3.63) is 169 Å². The molecule has 2 nitrogen and oxygen atoms in total. The van der Waals surface area contributed by atoms with E-state index in [9.17, 15) is 17.6 Å². The van der Waals surface area contributed by atoms with Crippen molar-refractivity contribution < 1.29 is 26.3 Å². The van der Waals surface area contributed by atoms with Gasteiger partial charge < -0.3 is 9.13 Å². The summed E-state index contributed by atoms with van der Waals surface area (Å²) in [6, 6.07) is 49.8. The quantitative estimate of drug-likeness (QED) is 0.126. The lowest BCUT2D eigenvalue weighted by Crippen LogP contribution is -2.43. The van der Waals surface area contributed by atoms with E-state index in [2.05, 4.69) is 88.0 Å². The Balaban J connectivity index is 1.09. The standard InChI is InChI=1S/C47H26F6N2/c48-45(49)39-21-20-32-35(44(39)46(50,51)47(45,52)53)19-15-27-14-18-31(26-36(27)32)55-41-13-7-5-11-34(41)38-25-29(17-23-43(38)55)28-16-22-42-37(24-28)33-10-4-6-12-40(33)54(42)30-8-2-1-3-9-30/h1-26H. The van der Waals surface area contributed by atoms with E-state index in [1.54, 1.807) is 0 Å². The van der Waals surface area contributed by atoms with Gasteiger partial charge >= 0.3 is 17.8 Å². The molecule has 0 atom stereocenters. The molecule has 11 rings (SSSR count). The number of aromatic nitrogens is 2. The van der Waals surface area contributed by atoms with E-state index in [1.165, 1.54) is 18.2 Å². The van der Waals surface area contributed by atoms with Crippen molar-refractivity contribution in [1.29, 1.82) is 0 Å². The molecule has 0 saturated heterocycles. The molecule has 266 valence electrons. The van der Waals surface area contributed by atoms with Crippen LogP contribution in [0, 0.1) is 0 Å². The van der Waals surface area contributed by atoms with Crippen LogP contribution in [0.1, 0.15) is 11.1 Å². The number of alkyl halides is 6. The molecule has 2 aromatic heterocycles. The molecular formula is C47H26F6N2. The molecule has 8 heteroatoms. The van der Waals surface area contributed by atoms with Crippen LogP contribution in [0.4, 0.5) is 26.3 Å². The third kappa shape index (κ3) is 4.11. The second kappa shape index (κ2) is 10.8. The molecule has 0 bridgehead atoms. The summed E-state index contributed by atoms with van der Waals surface area (Å²) in [5, 5.41) is 5.30. The van der Waals surface area contributed by atoms with Crippen molar-refractivity contribution in [2.45, 2.75) is 17.8 Å². The zero-order valence-corrected chi connectivity index (χ0v) is 28.7. The molecule has 10 aromatic rings. The SMILES string of the molecule is FC1(F)c2ccc3c(ccc4ccc(-n5c6ccccc6c6cc(-c7ccc8c(c7)c7ccccc7n8-c7ccccc7)ccc65)cc43)c2C(F)(F)C1(F)F. The van der Waals surface area contributed by atoms with Gasteiger partial charge in [0.05, 0.1) is 22.1 Å². The summed E-state index contributed by atoms with van der Waals surface area (Å²) in [6.07, 6.45) is 0. The Morgan fingerprint density at radius 2 is 0.873 bits per heavy atom. The lowest BCUT2D eigenvalue weighted by molar-refractivity contribution is -0.302. The highest BCUT2D eigenvalue weighted by Gasteiger charge is 2.79. The number of halogens is 6. The molecular weight excluding hydrogens is 707 g/mol. The van der Waals surface area contributed by atoms with E-state index in [0.717, 1.165) is 66.5 Å². The smallest absolute Gasteiger partial charge is 0.309 e. The first-order valence-corrected chi connectivity index (χ1v) is 17.8. The number of para-hydroxylation sites is 3. The molecule has 0 spiro atoms. The number of benzene rings is 8. The first-order chi connectivity index (χ1) is 26.6. The molecule has 0 saturated carbocycles. The average molecular weight is 733 g/mol. The third-order valence-electron chi connectivity index (χ3n) is 11.4. The topological polar surface area (TPSA) is 9.86 Å². The number of hydrogen-bond acceptors (Lipinski definition) is 0. The Morgan fingerprint density at radius 1 is 0.345 bits per heavy atom. The second-order valence-electron chi connectivity index (χ2n) is 14.3. The van der Waals surface area contributed by atoms with Crippen molar-refractivity contribution in [2.24, 2.45) is 0 Å². The maximum Gasteiger partial charge on any atom is 0.380 e. The fraction of sp³-hybridized carbons (Fsp3) is 0.0638. The van der Waals surface area contributed by atoms with E-state index < -0.39 is 28.9 Å². The average Bonchev–Trinajstić information content (AvgIpc) is 3.75. The monoisotopic (exact) mass is 732 g/mol. The van der Waals surface area contributed by atoms with Crippen molar-refractivity contribution in [3.63, 3.8) is 0 Å². The maximum atomic E-state index is 15.1. The zero-order chi connectivity index (χ0) is 37.4. The Morgan fingerprint density at radius 3 is 1.51 bits per heavy atom. The van der Waals surface area contributed by atoms with Crippen LogP contribution in [0.3, 0.4) is 0 Å². The largest absolute Gasteiger partial charge is 0.380 e. The summed E-state index contributed by atoms with van der Waals surface area (Å²) in [4.78, 5) is 0. The highest BCUT2D eigenvalue weighted by Crippen LogP contribution is 2.64. The Labute approximate surface area is 309 Å². The van der Waals surface area contributed by atoms with Crippen LogP contribution >= 0.6 is 0 Å². The molecule has 1 aliphatic carbocycles. The minimum Gasteiger partial charge on any atom is -0.309 e. The van der Waals surface area contributed by atoms with Gasteiger partial charge in [-0.05, 0) is 93.3 Å². The van der Waals surface area contributed by atoms with E-state index in [4.69, 9.17) is 0 Å². The molecule has 0 fully saturated rings. The van der Waals surface area contributed by atoms with Gasteiger partial charge in [-0.2, -0.15) is 26.3 Å². The minimum absolute atomic E-state index is 0.193. The first kappa shape index (κ1) is 31.9. The van der Waals surface area contributed by atoms with Crippen LogP contribution in [-0.4, -0.2) is 15.1 Å². The lowest BCUT2D eigenvalue weighted by Gasteiger charge is -2.23. The van der Waals surface area contributed by atoms with Crippen LogP contribution in [0.15, 0.2) is 158 Å². The lowest BCUT2D eigenvalue weighted by atomic mass is 9.94. The number of hydrogen-bond donors (Lipinski definition) is 0. The Kier molecular flexibility index (Phi) is 6.26. The fourth-order valence-electron chi connectivity index (χ4n) is 8.82. The summed E-state index contributed by atoms with van der Waals surface area (Å²) in [7, 11) is 0. The third-order valence-corrected chi connectivity index (χ3v) is 11.4. The van der Waals surface area contributed by atoms with Crippen molar-refractivity contribution in [3.8, 4) is 22.5 Å². The van der Waals surface area contributed by atoms with Gasteiger partial charge in [0.25, 0.3) is 0 Å². The van der Waals surface area contributed by atoms with Gasteiger partial charge in [-0.1, -0.05) is 97.1 Å². The van der Waals surface area contributed by atoms with Crippen molar-refractivity contribution in [2.75, 3.05) is 0 Å². The van der Waals surface area contributed by atoms with E-state index >= 15 is 8.78 Å². The highest BCUT2D eigenvalue weighted by atomic mass is 19.3. The van der Waals surface area contributed by atoms with Gasteiger partial charge in [-0.15, -0.1) is 0 Å². The molecule has 0 unspecified atom stereocenters. The van der Waals surface area contributed by atoms with Crippen LogP contribution in [0.2, 0.25) is 0 Å². The summed E-state index contributed by atoms with van der Waals surface area (Å²) in [5.41, 5.74) is 5.25. The van der Waals surface area contributed by atoms with Gasteiger partial charge in [-0.25, -0.2) is 0 Å². The summed E-state index contributed by atoms with van der Waals surface area (Å²) in [5.74, 6) is -15.6. The normalized spacial score (nSPS) is 15.9. The predicted molar refractivity (Wildman–Crippen MR) is 208 cm³/mol. The van der Waals surface area contributed by atoms with Crippen molar-refractivity contribution >= 4 is 65.2 Å². The van der Waals surface area contributed by atoms with Gasteiger partial charge in [0.2, 0.25) is 0 Å². The molecule has 8 aromatic carbocycles.